The van der Waals surface area contributed by atoms with E-state index in [1.54, 1.807) is 13.0 Å². The van der Waals surface area contributed by atoms with Crippen LogP contribution in [0.3, 0.4) is 0 Å². The predicted octanol–water partition coefficient (Wildman–Crippen LogP) is 1.89. The molecule has 19 heavy (non-hydrogen) atoms. The number of rotatable bonds is 3. The van der Waals surface area contributed by atoms with Gasteiger partial charge >= 0.3 is 0 Å². The second kappa shape index (κ2) is 6.66. The van der Waals surface area contributed by atoms with Crippen LogP contribution in [0.4, 0.5) is 4.39 Å². The number of halogens is 1. The number of aryl methyl sites for hydroxylation is 2. The van der Waals surface area contributed by atoms with Gasteiger partial charge in [-0.1, -0.05) is 12.1 Å². The van der Waals surface area contributed by atoms with Crippen molar-refractivity contribution in [3.8, 4) is 0 Å². The molecule has 1 aliphatic rings. The van der Waals surface area contributed by atoms with Crippen LogP contribution in [0.15, 0.2) is 18.2 Å². The SMILES string of the molecule is Cc1cc(CCC(=O)N2CCCNCC2)ccc1F. The Morgan fingerprint density at radius 3 is 3.00 bits per heavy atom. The lowest BCUT2D eigenvalue weighted by Crippen LogP contribution is -2.34. The largest absolute Gasteiger partial charge is 0.341 e. The van der Waals surface area contributed by atoms with Crippen molar-refractivity contribution in [3.63, 3.8) is 0 Å². The van der Waals surface area contributed by atoms with Gasteiger partial charge in [0, 0.05) is 26.1 Å². The molecule has 1 fully saturated rings. The van der Waals surface area contributed by atoms with E-state index in [1.807, 2.05) is 11.0 Å². The molecule has 3 nitrogen and oxygen atoms in total. The van der Waals surface area contributed by atoms with Gasteiger partial charge in [-0.2, -0.15) is 0 Å². The number of amides is 1. The molecule has 104 valence electrons. The van der Waals surface area contributed by atoms with E-state index in [0.717, 1.165) is 38.2 Å². The maximum absolute atomic E-state index is 13.2. The Morgan fingerprint density at radius 2 is 2.21 bits per heavy atom. The van der Waals surface area contributed by atoms with Crippen molar-refractivity contribution in [2.24, 2.45) is 0 Å². The Kier molecular flexibility index (Phi) is 4.91. The molecule has 0 atom stereocenters. The maximum Gasteiger partial charge on any atom is 0.222 e. The van der Waals surface area contributed by atoms with Crippen LogP contribution >= 0.6 is 0 Å². The molecule has 0 bridgehead atoms. The van der Waals surface area contributed by atoms with Gasteiger partial charge in [0.2, 0.25) is 5.91 Å². The van der Waals surface area contributed by atoms with Crippen LogP contribution in [0.2, 0.25) is 0 Å². The summed E-state index contributed by atoms with van der Waals surface area (Å²) in [6.07, 6.45) is 2.20. The summed E-state index contributed by atoms with van der Waals surface area (Å²) in [5, 5.41) is 3.28. The Morgan fingerprint density at radius 1 is 1.37 bits per heavy atom. The Hall–Kier alpha value is -1.42. The van der Waals surface area contributed by atoms with E-state index in [1.165, 1.54) is 6.07 Å². The van der Waals surface area contributed by atoms with Crippen molar-refractivity contribution < 1.29 is 9.18 Å². The van der Waals surface area contributed by atoms with Crippen LogP contribution in [0.1, 0.15) is 24.0 Å². The van der Waals surface area contributed by atoms with Crippen LogP contribution in [0.25, 0.3) is 0 Å². The highest BCUT2D eigenvalue weighted by Crippen LogP contribution is 2.12. The molecule has 0 radical (unpaired) electrons. The lowest BCUT2D eigenvalue weighted by molar-refractivity contribution is -0.130. The minimum atomic E-state index is -0.186. The fourth-order valence-corrected chi connectivity index (χ4v) is 2.37. The number of nitrogens with zero attached hydrogens (tertiary/aromatic N) is 1. The molecule has 0 saturated carbocycles. The monoisotopic (exact) mass is 264 g/mol. The smallest absolute Gasteiger partial charge is 0.222 e. The number of benzene rings is 1. The van der Waals surface area contributed by atoms with Gasteiger partial charge in [0.05, 0.1) is 0 Å². The topological polar surface area (TPSA) is 32.3 Å². The van der Waals surface area contributed by atoms with E-state index in [-0.39, 0.29) is 11.7 Å². The summed E-state index contributed by atoms with van der Waals surface area (Å²) in [7, 11) is 0. The first kappa shape index (κ1) is 14.0. The molecule has 4 heteroatoms. The van der Waals surface area contributed by atoms with Crippen molar-refractivity contribution in [1.29, 1.82) is 0 Å². The molecule has 0 unspecified atom stereocenters. The number of carbonyl (C=O) groups excluding carboxylic acids is 1. The maximum atomic E-state index is 13.2. The first-order valence-electron chi connectivity index (χ1n) is 6.90. The van der Waals surface area contributed by atoms with E-state index in [4.69, 9.17) is 0 Å². The van der Waals surface area contributed by atoms with Gasteiger partial charge in [-0.05, 0) is 43.5 Å². The van der Waals surface area contributed by atoms with E-state index in [0.29, 0.717) is 18.4 Å². The van der Waals surface area contributed by atoms with E-state index in [9.17, 15) is 9.18 Å². The summed E-state index contributed by atoms with van der Waals surface area (Å²) in [5.41, 5.74) is 1.67. The summed E-state index contributed by atoms with van der Waals surface area (Å²) < 4.78 is 13.2. The Bertz CT molecular complexity index is 440. The molecule has 1 heterocycles. The standard InChI is InChI=1S/C15H21FN2O/c1-12-11-13(3-5-14(12)16)4-6-15(19)18-9-2-7-17-8-10-18/h3,5,11,17H,2,4,6-10H2,1H3. The van der Waals surface area contributed by atoms with Crippen LogP contribution in [-0.4, -0.2) is 37.0 Å². The van der Waals surface area contributed by atoms with Crippen molar-refractivity contribution in [2.45, 2.75) is 26.2 Å². The molecule has 2 rings (SSSR count). The van der Waals surface area contributed by atoms with Crippen molar-refractivity contribution >= 4 is 5.91 Å². The summed E-state index contributed by atoms with van der Waals surface area (Å²) >= 11 is 0. The van der Waals surface area contributed by atoms with Crippen molar-refractivity contribution in [2.75, 3.05) is 26.2 Å². The molecule has 1 aromatic carbocycles. The summed E-state index contributed by atoms with van der Waals surface area (Å²) in [5.74, 6) is 0.0133. The van der Waals surface area contributed by atoms with E-state index in [2.05, 4.69) is 5.32 Å². The lowest BCUT2D eigenvalue weighted by atomic mass is 10.1. The van der Waals surface area contributed by atoms with Crippen LogP contribution < -0.4 is 5.32 Å². The normalized spacial score (nSPS) is 16.2. The van der Waals surface area contributed by atoms with Gasteiger partial charge in [0.15, 0.2) is 0 Å². The quantitative estimate of drug-likeness (QED) is 0.904. The third kappa shape index (κ3) is 4.03. The molecule has 1 aromatic rings. The van der Waals surface area contributed by atoms with Gasteiger partial charge in [0.25, 0.3) is 0 Å². The number of carbonyl (C=O) groups is 1. The van der Waals surface area contributed by atoms with Gasteiger partial charge < -0.3 is 10.2 Å². The molecular weight excluding hydrogens is 243 g/mol. The van der Waals surface area contributed by atoms with Crippen molar-refractivity contribution in [3.05, 3.63) is 35.1 Å². The Balaban J connectivity index is 1.86. The molecule has 1 saturated heterocycles. The average Bonchev–Trinajstić information content (AvgIpc) is 2.69. The Labute approximate surface area is 113 Å². The van der Waals surface area contributed by atoms with E-state index >= 15 is 0 Å². The fraction of sp³-hybridized carbons (Fsp3) is 0.533. The third-order valence-electron chi connectivity index (χ3n) is 3.54. The summed E-state index contributed by atoms with van der Waals surface area (Å²) in [4.78, 5) is 14.0. The summed E-state index contributed by atoms with van der Waals surface area (Å²) in [6, 6.07) is 5.07. The van der Waals surface area contributed by atoms with Crippen LogP contribution in [0.5, 0.6) is 0 Å². The van der Waals surface area contributed by atoms with Gasteiger partial charge in [-0.3, -0.25) is 4.79 Å². The second-order valence-electron chi connectivity index (χ2n) is 5.07. The molecule has 0 aliphatic carbocycles. The molecular formula is C15H21FN2O. The first-order chi connectivity index (χ1) is 9.16. The molecule has 1 amide bonds. The van der Waals surface area contributed by atoms with Crippen molar-refractivity contribution in [1.82, 2.24) is 10.2 Å². The number of hydrogen-bond acceptors (Lipinski definition) is 2. The highest BCUT2D eigenvalue weighted by Gasteiger charge is 2.14. The summed E-state index contributed by atoms with van der Waals surface area (Å²) in [6.45, 7) is 5.25. The van der Waals surface area contributed by atoms with Crippen LogP contribution in [0, 0.1) is 12.7 Å². The molecule has 0 spiro atoms. The molecule has 0 aromatic heterocycles. The first-order valence-corrected chi connectivity index (χ1v) is 6.90. The van der Waals surface area contributed by atoms with E-state index < -0.39 is 0 Å². The third-order valence-corrected chi connectivity index (χ3v) is 3.54. The van der Waals surface area contributed by atoms with Gasteiger partial charge in [0.1, 0.15) is 5.82 Å². The molecule has 1 aliphatic heterocycles. The van der Waals surface area contributed by atoms with Crippen LogP contribution in [-0.2, 0) is 11.2 Å². The predicted molar refractivity (Wildman–Crippen MR) is 73.5 cm³/mol. The second-order valence-corrected chi connectivity index (χ2v) is 5.07. The zero-order valence-corrected chi connectivity index (χ0v) is 11.4. The zero-order chi connectivity index (χ0) is 13.7. The number of nitrogens with one attached hydrogen (secondary N) is 1. The highest BCUT2D eigenvalue weighted by molar-refractivity contribution is 5.76. The lowest BCUT2D eigenvalue weighted by Gasteiger charge is -2.19. The van der Waals surface area contributed by atoms with Gasteiger partial charge in [-0.25, -0.2) is 4.39 Å². The zero-order valence-electron chi connectivity index (χ0n) is 11.4. The van der Waals surface area contributed by atoms with Gasteiger partial charge in [-0.15, -0.1) is 0 Å². The minimum Gasteiger partial charge on any atom is -0.341 e. The number of hydrogen-bond donors (Lipinski definition) is 1. The highest BCUT2D eigenvalue weighted by atomic mass is 19.1. The minimum absolute atomic E-state index is 0.186. The average molecular weight is 264 g/mol. The fourth-order valence-electron chi connectivity index (χ4n) is 2.37. The molecule has 1 N–H and O–H groups in total.